The van der Waals surface area contributed by atoms with Crippen LogP contribution in [0.5, 0.6) is 0 Å². The number of benzene rings is 1. The SMILES string of the molecule is CC1CN(c2ccc(/C(N)=N/O)cc2Cl)CCS1. The molecule has 2 rings (SSSR count). The van der Waals surface area contributed by atoms with Gasteiger partial charge in [-0.05, 0) is 18.2 Å². The van der Waals surface area contributed by atoms with Gasteiger partial charge in [-0.3, -0.25) is 0 Å². The molecule has 6 heteroatoms. The predicted octanol–water partition coefficient (Wildman–Crippen LogP) is 2.38. The van der Waals surface area contributed by atoms with Crippen LogP contribution in [0.15, 0.2) is 23.4 Å². The summed E-state index contributed by atoms with van der Waals surface area (Å²) in [5.74, 6) is 1.19. The summed E-state index contributed by atoms with van der Waals surface area (Å²) in [7, 11) is 0. The van der Waals surface area contributed by atoms with Crippen LogP contribution in [0.1, 0.15) is 12.5 Å². The topological polar surface area (TPSA) is 61.8 Å². The molecule has 1 unspecified atom stereocenters. The fraction of sp³-hybridized carbons (Fsp3) is 0.417. The summed E-state index contributed by atoms with van der Waals surface area (Å²) in [6.45, 7) is 4.21. The lowest BCUT2D eigenvalue weighted by Gasteiger charge is -2.33. The molecule has 3 N–H and O–H groups in total. The second kappa shape index (κ2) is 5.71. The number of nitrogens with zero attached hydrogens (tertiary/aromatic N) is 2. The van der Waals surface area contributed by atoms with Gasteiger partial charge in [-0.2, -0.15) is 11.8 Å². The van der Waals surface area contributed by atoms with Gasteiger partial charge in [-0.1, -0.05) is 23.7 Å². The zero-order valence-electron chi connectivity index (χ0n) is 10.1. The minimum absolute atomic E-state index is 0.0750. The van der Waals surface area contributed by atoms with Crippen molar-refractivity contribution in [1.82, 2.24) is 0 Å². The number of rotatable bonds is 2. The maximum atomic E-state index is 8.64. The molecule has 4 nitrogen and oxygen atoms in total. The zero-order valence-corrected chi connectivity index (χ0v) is 11.7. The molecule has 1 fully saturated rings. The highest BCUT2D eigenvalue weighted by molar-refractivity contribution is 8.00. The van der Waals surface area contributed by atoms with E-state index in [1.54, 1.807) is 6.07 Å². The van der Waals surface area contributed by atoms with Crippen molar-refractivity contribution in [3.8, 4) is 0 Å². The fourth-order valence-corrected chi connectivity index (χ4v) is 3.33. The molecule has 98 valence electrons. The van der Waals surface area contributed by atoms with Crippen LogP contribution in [0.2, 0.25) is 5.02 Å². The van der Waals surface area contributed by atoms with Gasteiger partial charge in [0.15, 0.2) is 5.84 Å². The van der Waals surface area contributed by atoms with Crippen molar-refractivity contribution < 1.29 is 5.21 Å². The molecule has 0 amide bonds. The molecular formula is C12H16ClN3OS. The second-order valence-corrected chi connectivity index (χ2v) is 6.23. The molecule has 1 aliphatic rings. The first-order valence-corrected chi connectivity index (χ1v) is 7.18. The lowest BCUT2D eigenvalue weighted by Crippen LogP contribution is -2.36. The van der Waals surface area contributed by atoms with Crippen molar-refractivity contribution in [1.29, 1.82) is 0 Å². The molecule has 0 spiro atoms. The number of hydrogen-bond donors (Lipinski definition) is 2. The molecule has 1 aromatic carbocycles. The van der Waals surface area contributed by atoms with E-state index in [4.69, 9.17) is 22.5 Å². The maximum Gasteiger partial charge on any atom is 0.170 e. The number of oxime groups is 1. The van der Waals surface area contributed by atoms with Crippen LogP contribution < -0.4 is 10.6 Å². The summed E-state index contributed by atoms with van der Waals surface area (Å²) < 4.78 is 0. The van der Waals surface area contributed by atoms with Gasteiger partial charge < -0.3 is 15.8 Å². The summed E-state index contributed by atoms with van der Waals surface area (Å²) in [4.78, 5) is 2.28. The van der Waals surface area contributed by atoms with E-state index in [9.17, 15) is 0 Å². The third-order valence-corrected chi connectivity index (χ3v) is 4.37. The number of hydrogen-bond acceptors (Lipinski definition) is 4. The van der Waals surface area contributed by atoms with Gasteiger partial charge in [0.05, 0.1) is 10.7 Å². The lowest BCUT2D eigenvalue weighted by atomic mass is 10.1. The molecule has 0 radical (unpaired) electrons. The maximum absolute atomic E-state index is 8.64. The van der Waals surface area contributed by atoms with Crippen molar-refractivity contribution in [3.63, 3.8) is 0 Å². The number of thioether (sulfide) groups is 1. The van der Waals surface area contributed by atoms with Crippen LogP contribution in [-0.4, -0.2) is 35.1 Å². The Bertz CT molecular complexity index is 467. The Balaban J connectivity index is 2.24. The number of anilines is 1. The fourth-order valence-electron chi connectivity index (χ4n) is 2.02. The third-order valence-electron chi connectivity index (χ3n) is 2.93. The average Bonchev–Trinajstić information content (AvgIpc) is 2.37. The van der Waals surface area contributed by atoms with E-state index in [-0.39, 0.29) is 5.84 Å². The summed E-state index contributed by atoms with van der Waals surface area (Å²) in [6.07, 6.45) is 0. The van der Waals surface area contributed by atoms with Gasteiger partial charge in [-0.15, -0.1) is 0 Å². The van der Waals surface area contributed by atoms with Gasteiger partial charge in [0.1, 0.15) is 0 Å². The van der Waals surface area contributed by atoms with Gasteiger partial charge in [0.2, 0.25) is 0 Å². The number of amidine groups is 1. The largest absolute Gasteiger partial charge is 0.409 e. The van der Waals surface area contributed by atoms with Crippen molar-refractivity contribution >= 4 is 34.9 Å². The molecule has 1 atom stereocenters. The summed E-state index contributed by atoms with van der Waals surface area (Å²) in [5, 5.41) is 12.9. The minimum atomic E-state index is 0.0750. The second-order valence-electron chi connectivity index (χ2n) is 4.28. The van der Waals surface area contributed by atoms with Crippen LogP contribution in [0.25, 0.3) is 0 Å². The van der Waals surface area contributed by atoms with Crippen LogP contribution >= 0.6 is 23.4 Å². The van der Waals surface area contributed by atoms with Gasteiger partial charge in [0.25, 0.3) is 0 Å². The monoisotopic (exact) mass is 285 g/mol. The molecule has 0 bridgehead atoms. The van der Waals surface area contributed by atoms with Gasteiger partial charge in [-0.25, -0.2) is 0 Å². The van der Waals surface area contributed by atoms with Gasteiger partial charge >= 0.3 is 0 Å². The first kappa shape index (κ1) is 13.4. The Morgan fingerprint density at radius 2 is 2.39 bits per heavy atom. The van der Waals surface area contributed by atoms with Crippen LogP contribution in [0.4, 0.5) is 5.69 Å². The van der Waals surface area contributed by atoms with E-state index in [2.05, 4.69) is 17.0 Å². The highest BCUT2D eigenvalue weighted by Gasteiger charge is 2.19. The quantitative estimate of drug-likeness (QED) is 0.379. The zero-order chi connectivity index (χ0) is 13.1. The van der Waals surface area contributed by atoms with Crippen LogP contribution in [0, 0.1) is 0 Å². The van der Waals surface area contributed by atoms with Gasteiger partial charge in [0, 0.05) is 29.7 Å². The first-order chi connectivity index (χ1) is 8.61. The molecule has 0 aliphatic carbocycles. The van der Waals surface area contributed by atoms with Crippen LogP contribution in [0.3, 0.4) is 0 Å². The van der Waals surface area contributed by atoms with Crippen molar-refractivity contribution in [3.05, 3.63) is 28.8 Å². The molecule has 1 aromatic rings. The molecule has 1 heterocycles. The predicted molar refractivity (Wildman–Crippen MR) is 78.1 cm³/mol. The smallest absolute Gasteiger partial charge is 0.170 e. The Morgan fingerprint density at radius 3 is 3.00 bits per heavy atom. The summed E-state index contributed by atoms with van der Waals surface area (Å²) in [5.41, 5.74) is 7.18. The number of nitrogens with two attached hydrogens (primary N) is 1. The standard InChI is InChI=1S/C12H16ClN3OS/c1-8-7-16(4-5-18-8)11-3-2-9(6-10(11)13)12(14)15-17/h2-3,6,8,17H,4-5,7H2,1H3,(H2,14,15). The third kappa shape index (κ3) is 2.84. The van der Waals surface area contributed by atoms with Crippen molar-refractivity contribution in [2.45, 2.75) is 12.2 Å². The Hall–Kier alpha value is -1.07. The molecular weight excluding hydrogens is 270 g/mol. The molecule has 18 heavy (non-hydrogen) atoms. The van der Waals surface area contributed by atoms with E-state index in [1.807, 2.05) is 23.9 Å². The van der Waals surface area contributed by atoms with E-state index < -0.39 is 0 Å². The highest BCUT2D eigenvalue weighted by Crippen LogP contribution is 2.30. The van der Waals surface area contributed by atoms with Crippen molar-refractivity contribution in [2.75, 3.05) is 23.7 Å². The summed E-state index contributed by atoms with van der Waals surface area (Å²) >= 11 is 8.25. The Labute approximate surface area is 116 Å². The van der Waals surface area contributed by atoms with E-state index in [0.29, 0.717) is 15.8 Å². The number of halogens is 1. The van der Waals surface area contributed by atoms with E-state index in [1.165, 1.54) is 0 Å². The Kier molecular flexibility index (Phi) is 4.24. The molecule has 0 aromatic heterocycles. The normalized spacial score (nSPS) is 21.1. The highest BCUT2D eigenvalue weighted by atomic mass is 35.5. The van der Waals surface area contributed by atoms with E-state index in [0.717, 1.165) is 24.5 Å². The molecule has 1 aliphatic heterocycles. The lowest BCUT2D eigenvalue weighted by molar-refractivity contribution is 0.318. The van der Waals surface area contributed by atoms with E-state index >= 15 is 0 Å². The Morgan fingerprint density at radius 1 is 1.61 bits per heavy atom. The average molecular weight is 286 g/mol. The first-order valence-electron chi connectivity index (χ1n) is 5.76. The molecule has 0 saturated carbocycles. The van der Waals surface area contributed by atoms with Crippen molar-refractivity contribution in [2.24, 2.45) is 10.9 Å². The van der Waals surface area contributed by atoms with Crippen LogP contribution in [-0.2, 0) is 0 Å². The minimum Gasteiger partial charge on any atom is -0.409 e. The molecule has 1 saturated heterocycles. The summed E-state index contributed by atoms with van der Waals surface area (Å²) in [6, 6.07) is 5.49.